The van der Waals surface area contributed by atoms with Crippen LogP contribution in [0.4, 0.5) is 0 Å². The first kappa shape index (κ1) is 24.8. The van der Waals surface area contributed by atoms with Crippen LogP contribution in [-0.4, -0.2) is 61.6 Å². The zero-order chi connectivity index (χ0) is 25.9. The fourth-order valence-corrected chi connectivity index (χ4v) is 5.30. The summed E-state index contributed by atoms with van der Waals surface area (Å²) in [4.78, 5) is 27.0. The molecule has 1 amide bonds. The molecule has 2 aromatic carbocycles. The summed E-state index contributed by atoms with van der Waals surface area (Å²) >= 11 is 0. The van der Waals surface area contributed by atoms with Crippen molar-refractivity contribution < 1.29 is 4.79 Å². The standard InChI is InChI=1S/C30H34N6O/c1-21-19-22(2)32-30(31-21)36-24(4)27(23(3)33-36)20-28(37)34-15-17-35(18-16-34)29(25-11-7-5-8-12-25)26-13-9-6-10-14-26/h5-14,19,29H,15-18,20H2,1-4H3. The first-order valence-electron chi connectivity index (χ1n) is 12.9. The number of piperazine rings is 1. The van der Waals surface area contributed by atoms with Gasteiger partial charge in [-0.1, -0.05) is 60.7 Å². The lowest BCUT2D eigenvalue weighted by atomic mass is 9.96. The van der Waals surface area contributed by atoms with Gasteiger partial charge in [0, 0.05) is 48.8 Å². The molecule has 1 aliphatic rings. The maximum Gasteiger partial charge on any atom is 0.251 e. The van der Waals surface area contributed by atoms with Gasteiger partial charge in [0.05, 0.1) is 18.2 Å². The molecule has 0 unspecified atom stereocenters. The molecule has 2 aromatic heterocycles. The molecule has 7 heteroatoms. The van der Waals surface area contributed by atoms with Gasteiger partial charge in [-0.05, 0) is 44.9 Å². The second kappa shape index (κ2) is 10.6. The third-order valence-electron chi connectivity index (χ3n) is 7.19. The Labute approximate surface area is 218 Å². The maximum atomic E-state index is 13.4. The molecule has 0 N–H and O–H groups in total. The molecule has 1 saturated heterocycles. The molecule has 0 radical (unpaired) electrons. The minimum Gasteiger partial charge on any atom is -0.340 e. The predicted octanol–water partition coefficient (Wildman–Crippen LogP) is 4.37. The summed E-state index contributed by atoms with van der Waals surface area (Å²) in [6.45, 7) is 10.9. The third kappa shape index (κ3) is 5.32. The van der Waals surface area contributed by atoms with E-state index in [1.165, 1.54) is 11.1 Å². The van der Waals surface area contributed by atoms with Crippen LogP contribution in [0.25, 0.3) is 5.95 Å². The van der Waals surface area contributed by atoms with Crippen LogP contribution in [0.3, 0.4) is 0 Å². The second-order valence-electron chi connectivity index (χ2n) is 9.83. The number of rotatable bonds is 6. The first-order chi connectivity index (χ1) is 17.9. The monoisotopic (exact) mass is 494 g/mol. The Kier molecular flexibility index (Phi) is 7.15. The number of carbonyl (C=O) groups excluding carboxylic acids is 1. The summed E-state index contributed by atoms with van der Waals surface area (Å²) in [7, 11) is 0. The zero-order valence-electron chi connectivity index (χ0n) is 22.1. The van der Waals surface area contributed by atoms with E-state index in [0.717, 1.165) is 41.4 Å². The fraction of sp³-hybridized carbons (Fsp3) is 0.333. The number of aryl methyl sites for hydroxylation is 3. The summed E-state index contributed by atoms with van der Waals surface area (Å²) in [5.74, 6) is 0.695. The number of aromatic nitrogens is 4. The highest BCUT2D eigenvalue weighted by atomic mass is 16.2. The molecule has 37 heavy (non-hydrogen) atoms. The van der Waals surface area contributed by atoms with Gasteiger partial charge in [-0.3, -0.25) is 9.69 Å². The first-order valence-corrected chi connectivity index (χ1v) is 12.9. The van der Waals surface area contributed by atoms with Crippen molar-refractivity contribution in [3.05, 3.63) is 106 Å². The molecule has 190 valence electrons. The summed E-state index contributed by atoms with van der Waals surface area (Å²) in [5.41, 5.74) is 7.08. The van der Waals surface area contributed by atoms with Crippen molar-refractivity contribution in [3.8, 4) is 5.95 Å². The molecule has 3 heterocycles. The molecular formula is C30H34N6O. The molecule has 0 spiro atoms. The van der Waals surface area contributed by atoms with Gasteiger partial charge in [-0.15, -0.1) is 0 Å². The quantitative estimate of drug-likeness (QED) is 0.398. The van der Waals surface area contributed by atoms with Gasteiger partial charge in [0.25, 0.3) is 5.95 Å². The van der Waals surface area contributed by atoms with Crippen LogP contribution in [0.5, 0.6) is 0 Å². The number of amides is 1. The van der Waals surface area contributed by atoms with Crippen LogP contribution in [0.15, 0.2) is 66.7 Å². The zero-order valence-corrected chi connectivity index (χ0v) is 22.1. The SMILES string of the molecule is Cc1cc(C)nc(-n2nc(C)c(CC(=O)N3CCN(C(c4ccccc4)c4ccccc4)CC3)c2C)n1. The molecule has 1 aliphatic heterocycles. The van der Waals surface area contributed by atoms with Crippen LogP contribution in [0.2, 0.25) is 0 Å². The lowest BCUT2D eigenvalue weighted by Gasteiger charge is -2.40. The molecular weight excluding hydrogens is 460 g/mol. The van der Waals surface area contributed by atoms with E-state index in [9.17, 15) is 4.79 Å². The topological polar surface area (TPSA) is 67.2 Å². The highest BCUT2D eigenvalue weighted by Gasteiger charge is 2.29. The van der Waals surface area contributed by atoms with Crippen LogP contribution < -0.4 is 0 Å². The summed E-state index contributed by atoms with van der Waals surface area (Å²) in [5, 5.41) is 4.68. The van der Waals surface area contributed by atoms with Gasteiger partial charge >= 0.3 is 0 Å². The molecule has 0 atom stereocenters. The summed E-state index contributed by atoms with van der Waals surface area (Å²) in [6.07, 6.45) is 0.337. The fourth-order valence-electron chi connectivity index (χ4n) is 5.30. The normalized spacial score (nSPS) is 14.4. The minimum atomic E-state index is 0.141. The van der Waals surface area contributed by atoms with E-state index >= 15 is 0 Å². The van der Waals surface area contributed by atoms with Gasteiger partial charge in [0.15, 0.2) is 0 Å². The number of nitrogens with zero attached hydrogens (tertiary/aromatic N) is 6. The van der Waals surface area contributed by atoms with E-state index in [1.807, 2.05) is 38.7 Å². The molecule has 0 saturated carbocycles. The van der Waals surface area contributed by atoms with Crippen molar-refractivity contribution in [2.45, 2.75) is 40.2 Å². The highest BCUT2D eigenvalue weighted by Crippen LogP contribution is 2.29. The molecule has 5 rings (SSSR count). The van der Waals surface area contributed by atoms with Crippen molar-refractivity contribution >= 4 is 5.91 Å². The van der Waals surface area contributed by atoms with Crippen molar-refractivity contribution in [3.63, 3.8) is 0 Å². The Morgan fingerprint density at radius 2 is 1.35 bits per heavy atom. The number of hydrogen-bond acceptors (Lipinski definition) is 5. The average molecular weight is 495 g/mol. The lowest BCUT2D eigenvalue weighted by molar-refractivity contribution is -0.132. The van der Waals surface area contributed by atoms with E-state index in [4.69, 9.17) is 0 Å². The second-order valence-corrected chi connectivity index (χ2v) is 9.83. The van der Waals surface area contributed by atoms with Crippen molar-refractivity contribution in [1.29, 1.82) is 0 Å². The Bertz CT molecular complexity index is 1310. The van der Waals surface area contributed by atoms with E-state index in [-0.39, 0.29) is 11.9 Å². The van der Waals surface area contributed by atoms with Gasteiger partial charge < -0.3 is 4.90 Å². The highest BCUT2D eigenvalue weighted by molar-refractivity contribution is 5.79. The third-order valence-corrected chi connectivity index (χ3v) is 7.19. The molecule has 7 nitrogen and oxygen atoms in total. The maximum absolute atomic E-state index is 13.4. The lowest BCUT2D eigenvalue weighted by Crippen LogP contribution is -2.50. The van der Waals surface area contributed by atoms with Gasteiger partial charge in [-0.25, -0.2) is 14.6 Å². The van der Waals surface area contributed by atoms with E-state index in [2.05, 4.69) is 80.6 Å². The molecule has 0 aliphatic carbocycles. The number of hydrogen-bond donors (Lipinski definition) is 0. The smallest absolute Gasteiger partial charge is 0.251 e. The predicted molar refractivity (Wildman–Crippen MR) is 145 cm³/mol. The number of carbonyl (C=O) groups is 1. The van der Waals surface area contributed by atoms with E-state index in [0.29, 0.717) is 25.5 Å². The van der Waals surface area contributed by atoms with Gasteiger partial charge in [-0.2, -0.15) is 5.10 Å². The Balaban J connectivity index is 1.29. The molecule has 1 fully saturated rings. The molecule has 0 bridgehead atoms. The van der Waals surface area contributed by atoms with Crippen LogP contribution in [0.1, 0.15) is 45.5 Å². The summed E-state index contributed by atoms with van der Waals surface area (Å²) in [6, 6.07) is 23.4. The van der Waals surface area contributed by atoms with Gasteiger partial charge in [0.2, 0.25) is 5.91 Å². The Morgan fingerprint density at radius 1 is 0.811 bits per heavy atom. The van der Waals surface area contributed by atoms with E-state index in [1.54, 1.807) is 4.68 Å². The molecule has 4 aromatic rings. The van der Waals surface area contributed by atoms with Crippen molar-refractivity contribution in [2.75, 3.05) is 26.2 Å². The average Bonchev–Trinajstić information content (AvgIpc) is 3.18. The van der Waals surface area contributed by atoms with Crippen molar-refractivity contribution in [2.24, 2.45) is 0 Å². The Morgan fingerprint density at radius 3 is 1.89 bits per heavy atom. The van der Waals surface area contributed by atoms with E-state index < -0.39 is 0 Å². The van der Waals surface area contributed by atoms with Crippen LogP contribution in [-0.2, 0) is 11.2 Å². The van der Waals surface area contributed by atoms with Crippen LogP contribution in [0, 0.1) is 27.7 Å². The number of benzene rings is 2. The largest absolute Gasteiger partial charge is 0.340 e. The van der Waals surface area contributed by atoms with Gasteiger partial charge in [0.1, 0.15) is 0 Å². The minimum absolute atomic E-state index is 0.141. The van der Waals surface area contributed by atoms with Crippen molar-refractivity contribution in [1.82, 2.24) is 29.5 Å². The summed E-state index contributed by atoms with van der Waals surface area (Å²) < 4.78 is 1.76. The van der Waals surface area contributed by atoms with Crippen LogP contribution >= 0.6 is 0 Å². The Hall–Kier alpha value is -3.84.